The minimum absolute atomic E-state index is 0.198. The molecule has 0 unspecified atom stereocenters. The van der Waals surface area contributed by atoms with E-state index in [9.17, 15) is 4.79 Å². The van der Waals surface area contributed by atoms with Crippen molar-refractivity contribution >= 4 is 12.2 Å². The van der Waals surface area contributed by atoms with Gasteiger partial charge in [0.2, 0.25) is 0 Å². The van der Waals surface area contributed by atoms with Crippen molar-refractivity contribution in [3.63, 3.8) is 0 Å². The van der Waals surface area contributed by atoms with Crippen LogP contribution in [0.4, 0.5) is 5.82 Å². The van der Waals surface area contributed by atoms with Gasteiger partial charge in [-0.3, -0.25) is 4.57 Å². The van der Waals surface area contributed by atoms with Gasteiger partial charge in [0, 0.05) is 18.3 Å². The van der Waals surface area contributed by atoms with E-state index < -0.39 is 18.2 Å². The van der Waals surface area contributed by atoms with Crippen molar-refractivity contribution in [1.29, 1.82) is 0 Å². The van der Waals surface area contributed by atoms with Crippen molar-refractivity contribution in [2.45, 2.75) is 52.3 Å². The van der Waals surface area contributed by atoms with Crippen molar-refractivity contribution in [2.24, 2.45) is 4.99 Å². The molecule has 1 aromatic heterocycles. The van der Waals surface area contributed by atoms with E-state index in [-0.39, 0.29) is 13.2 Å². The van der Waals surface area contributed by atoms with Gasteiger partial charge in [0.15, 0.2) is 18.3 Å². The number of ether oxygens (including phenoxy) is 2. The first-order valence-corrected chi connectivity index (χ1v) is 7.71. The zero-order valence-corrected chi connectivity index (χ0v) is 13.9. The molecule has 0 bridgehead atoms. The highest BCUT2D eigenvalue weighted by Crippen LogP contribution is 2.19. The lowest BCUT2D eigenvalue weighted by molar-refractivity contribution is -0.0992. The Bertz CT molecular complexity index is 591. The average molecular weight is 324 g/mol. The summed E-state index contributed by atoms with van der Waals surface area (Å²) in [5, 5.41) is 8.98. The molecule has 1 aromatic rings. The van der Waals surface area contributed by atoms with Crippen molar-refractivity contribution in [3.8, 4) is 0 Å². The van der Waals surface area contributed by atoms with Gasteiger partial charge in [-0.15, -0.1) is 0 Å². The molecule has 8 nitrogen and oxygen atoms in total. The fraction of sp³-hybridized carbons (Fsp3) is 0.667. The fourth-order valence-electron chi connectivity index (χ4n) is 2.37. The smallest absolute Gasteiger partial charge is 0.351 e. The maximum Gasteiger partial charge on any atom is 0.351 e. The first kappa shape index (κ1) is 17.6. The molecule has 1 fully saturated rings. The summed E-state index contributed by atoms with van der Waals surface area (Å²) in [6, 6.07) is 2.25. The highest BCUT2D eigenvalue weighted by molar-refractivity contribution is 5.60. The molecular formula is C15H24N4O4. The Balaban J connectivity index is 2.12. The molecule has 0 spiro atoms. The lowest BCUT2D eigenvalue weighted by Gasteiger charge is -2.27. The van der Waals surface area contributed by atoms with E-state index >= 15 is 0 Å². The Morgan fingerprint density at radius 2 is 2.17 bits per heavy atom. The standard InChI is InChI=1S/C15H24N4O4/c1-10(2)19(11(3)4)9-16-12-5-6-18(15(21)17-12)13-8-22-14(7-20)23-13/h5-6,9-11,13-14,20H,7-8H2,1-4H3/t13-,14-/m0/s1. The van der Waals surface area contributed by atoms with Crippen LogP contribution in [0.15, 0.2) is 22.1 Å². The van der Waals surface area contributed by atoms with Gasteiger partial charge >= 0.3 is 5.69 Å². The summed E-state index contributed by atoms with van der Waals surface area (Å²) in [6.45, 7) is 8.25. The van der Waals surface area contributed by atoms with Gasteiger partial charge in [-0.1, -0.05) is 0 Å². The number of aliphatic hydroxyl groups is 1. The quantitative estimate of drug-likeness (QED) is 0.617. The lowest BCUT2D eigenvalue weighted by atomic mass is 10.2. The maximum absolute atomic E-state index is 12.1. The third-order valence-corrected chi connectivity index (χ3v) is 3.52. The van der Waals surface area contributed by atoms with Crippen LogP contribution in [0.5, 0.6) is 0 Å². The second-order valence-corrected chi connectivity index (χ2v) is 5.89. The molecule has 0 saturated carbocycles. The van der Waals surface area contributed by atoms with E-state index in [0.717, 1.165) is 0 Å². The van der Waals surface area contributed by atoms with Crippen LogP contribution in [-0.4, -0.2) is 57.5 Å². The highest BCUT2D eigenvalue weighted by Gasteiger charge is 2.27. The monoisotopic (exact) mass is 324 g/mol. The predicted octanol–water partition coefficient (Wildman–Crippen LogP) is 0.886. The van der Waals surface area contributed by atoms with Crippen molar-refractivity contribution in [3.05, 3.63) is 22.7 Å². The number of aliphatic hydroxyl groups excluding tert-OH is 1. The lowest BCUT2D eigenvalue weighted by Crippen LogP contribution is -2.35. The molecule has 23 heavy (non-hydrogen) atoms. The summed E-state index contributed by atoms with van der Waals surface area (Å²) in [7, 11) is 0. The summed E-state index contributed by atoms with van der Waals surface area (Å²) in [5.74, 6) is 0.343. The number of aromatic nitrogens is 2. The molecule has 1 aliphatic rings. The summed E-state index contributed by atoms with van der Waals surface area (Å²) in [4.78, 5) is 22.4. The third-order valence-electron chi connectivity index (χ3n) is 3.52. The summed E-state index contributed by atoms with van der Waals surface area (Å²) in [6.07, 6.45) is 2.01. The second-order valence-electron chi connectivity index (χ2n) is 5.89. The van der Waals surface area contributed by atoms with Crippen molar-refractivity contribution in [2.75, 3.05) is 13.2 Å². The van der Waals surface area contributed by atoms with Gasteiger partial charge in [-0.05, 0) is 33.8 Å². The van der Waals surface area contributed by atoms with Gasteiger partial charge < -0.3 is 19.5 Å². The van der Waals surface area contributed by atoms with Gasteiger partial charge in [0.25, 0.3) is 0 Å². The molecular weight excluding hydrogens is 300 g/mol. The minimum atomic E-state index is -0.699. The molecule has 2 rings (SSSR count). The molecule has 2 heterocycles. The number of hydrogen-bond donors (Lipinski definition) is 1. The fourth-order valence-corrected chi connectivity index (χ4v) is 2.37. The molecule has 0 radical (unpaired) electrons. The topological polar surface area (TPSA) is 89.2 Å². The summed E-state index contributed by atoms with van der Waals surface area (Å²) >= 11 is 0. The van der Waals surface area contributed by atoms with Crippen LogP contribution < -0.4 is 5.69 Å². The van der Waals surface area contributed by atoms with E-state index in [0.29, 0.717) is 17.9 Å². The van der Waals surface area contributed by atoms with Crippen molar-refractivity contribution < 1.29 is 14.6 Å². The first-order valence-electron chi connectivity index (χ1n) is 7.71. The minimum Gasteiger partial charge on any atom is -0.391 e. The van der Waals surface area contributed by atoms with Crippen molar-refractivity contribution in [1.82, 2.24) is 14.5 Å². The molecule has 128 valence electrons. The summed E-state index contributed by atoms with van der Waals surface area (Å²) in [5.41, 5.74) is -0.465. The van der Waals surface area contributed by atoms with Crippen LogP contribution in [-0.2, 0) is 9.47 Å². The van der Waals surface area contributed by atoms with E-state index in [1.54, 1.807) is 18.6 Å². The van der Waals surface area contributed by atoms with Crippen LogP contribution >= 0.6 is 0 Å². The molecule has 1 N–H and O–H groups in total. The number of hydrogen-bond acceptors (Lipinski definition) is 6. The molecule has 2 atom stereocenters. The molecule has 0 aromatic carbocycles. The van der Waals surface area contributed by atoms with E-state index in [2.05, 4.69) is 42.6 Å². The van der Waals surface area contributed by atoms with Gasteiger partial charge in [-0.25, -0.2) is 9.79 Å². The molecule has 1 aliphatic heterocycles. The van der Waals surface area contributed by atoms with Crippen LogP contribution in [0.1, 0.15) is 33.9 Å². The normalized spacial score (nSPS) is 21.7. The maximum atomic E-state index is 12.1. The Morgan fingerprint density at radius 1 is 1.48 bits per heavy atom. The van der Waals surface area contributed by atoms with E-state index in [1.807, 2.05) is 0 Å². The molecule has 0 amide bonds. The van der Waals surface area contributed by atoms with E-state index in [4.69, 9.17) is 14.6 Å². The Kier molecular flexibility index (Phi) is 5.86. The van der Waals surface area contributed by atoms with Gasteiger partial charge in [-0.2, -0.15) is 4.98 Å². The summed E-state index contributed by atoms with van der Waals surface area (Å²) < 4.78 is 11.9. The second kappa shape index (κ2) is 7.67. The highest BCUT2D eigenvalue weighted by atomic mass is 16.7. The van der Waals surface area contributed by atoms with Gasteiger partial charge in [0.05, 0.1) is 19.6 Å². The number of rotatable bonds is 6. The number of nitrogens with zero attached hydrogens (tertiary/aromatic N) is 4. The zero-order valence-electron chi connectivity index (χ0n) is 13.9. The molecule has 1 saturated heterocycles. The van der Waals surface area contributed by atoms with Gasteiger partial charge in [0.1, 0.15) is 0 Å². The third kappa shape index (κ3) is 4.37. The Hall–Kier alpha value is -1.77. The first-order chi connectivity index (χ1) is 10.9. The van der Waals surface area contributed by atoms with Crippen LogP contribution in [0.25, 0.3) is 0 Å². The average Bonchev–Trinajstić information content (AvgIpc) is 2.95. The Morgan fingerprint density at radius 3 is 2.70 bits per heavy atom. The van der Waals surface area contributed by atoms with Crippen LogP contribution in [0.3, 0.4) is 0 Å². The molecule has 0 aliphatic carbocycles. The SMILES string of the molecule is CC(C)N(C=Nc1ccn([C@@H]2CO[C@H](CO)O2)c(=O)n1)C(C)C. The Labute approximate surface area is 135 Å². The van der Waals surface area contributed by atoms with Crippen LogP contribution in [0, 0.1) is 0 Å². The zero-order chi connectivity index (χ0) is 17.0. The molecule has 8 heteroatoms. The van der Waals surface area contributed by atoms with Crippen LogP contribution in [0.2, 0.25) is 0 Å². The van der Waals surface area contributed by atoms with E-state index in [1.165, 1.54) is 4.57 Å². The largest absolute Gasteiger partial charge is 0.391 e. The number of aliphatic imine (C=N–C) groups is 1. The predicted molar refractivity (Wildman–Crippen MR) is 85.7 cm³/mol.